The number of aromatic nitrogens is 1. The monoisotopic (exact) mass is 374 g/mol. The Hall–Kier alpha value is -1.50. The number of hydrogen-bond donors (Lipinski definition) is 1. The Labute approximate surface area is 163 Å². The summed E-state index contributed by atoms with van der Waals surface area (Å²) in [6, 6.07) is 6.77. The second kappa shape index (κ2) is 10.7. The highest BCUT2D eigenvalue weighted by atomic mass is 16.5. The molecule has 2 aliphatic rings. The molecular weight excluding hydrogens is 340 g/mol. The number of piperidine rings is 2. The summed E-state index contributed by atoms with van der Waals surface area (Å²) in [4.78, 5) is 21.9. The van der Waals surface area contributed by atoms with Crippen LogP contribution in [0.15, 0.2) is 24.4 Å². The average Bonchev–Trinajstić information content (AvgIpc) is 2.73. The third kappa shape index (κ3) is 6.26. The first-order valence-electron chi connectivity index (χ1n) is 10.4. The standard InChI is InChI=1S/C21H34N4O2/c1-27-16-11-23-21(26)18-5-4-12-25(17-18)20-8-14-24(15-9-20)13-7-19-6-2-3-10-22-19/h2-3,6,10,18,20H,4-5,7-9,11-17H2,1H3,(H,23,26). The summed E-state index contributed by atoms with van der Waals surface area (Å²) in [6.45, 7) is 6.64. The lowest BCUT2D eigenvalue weighted by Gasteiger charge is -2.42. The minimum absolute atomic E-state index is 0.137. The van der Waals surface area contributed by atoms with Crippen LogP contribution >= 0.6 is 0 Å². The molecule has 150 valence electrons. The number of carbonyl (C=O) groups excluding carboxylic acids is 1. The zero-order valence-corrected chi connectivity index (χ0v) is 16.6. The molecular formula is C21H34N4O2. The Kier molecular flexibility index (Phi) is 8.05. The van der Waals surface area contributed by atoms with E-state index in [9.17, 15) is 4.79 Å². The first kappa shape index (κ1) is 20.2. The molecule has 1 N–H and O–H groups in total. The van der Waals surface area contributed by atoms with Crippen LogP contribution in [0.2, 0.25) is 0 Å². The Bertz CT molecular complexity index is 561. The fourth-order valence-corrected chi connectivity index (χ4v) is 4.30. The van der Waals surface area contributed by atoms with Crippen molar-refractivity contribution in [2.45, 2.75) is 38.1 Å². The summed E-state index contributed by atoms with van der Waals surface area (Å²) >= 11 is 0. The van der Waals surface area contributed by atoms with Gasteiger partial charge in [0.15, 0.2) is 0 Å². The third-order valence-corrected chi connectivity index (χ3v) is 5.91. The summed E-state index contributed by atoms with van der Waals surface area (Å²) in [5, 5.41) is 3.01. The van der Waals surface area contributed by atoms with Gasteiger partial charge < -0.3 is 15.0 Å². The van der Waals surface area contributed by atoms with Crippen LogP contribution in [0.1, 0.15) is 31.4 Å². The van der Waals surface area contributed by atoms with E-state index in [0.29, 0.717) is 19.2 Å². The molecule has 1 aromatic rings. The van der Waals surface area contributed by atoms with Gasteiger partial charge in [-0.1, -0.05) is 6.07 Å². The van der Waals surface area contributed by atoms with Crippen molar-refractivity contribution in [1.82, 2.24) is 20.1 Å². The molecule has 0 spiro atoms. The lowest BCUT2D eigenvalue weighted by molar-refractivity contribution is -0.127. The molecule has 0 aromatic carbocycles. The van der Waals surface area contributed by atoms with E-state index in [4.69, 9.17) is 4.74 Å². The number of ether oxygens (including phenoxy) is 1. The van der Waals surface area contributed by atoms with Crippen LogP contribution in [-0.2, 0) is 16.0 Å². The minimum atomic E-state index is 0.137. The van der Waals surface area contributed by atoms with E-state index in [-0.39, 0.29) is 11.8 Å². The predicted molar refractivity (Wildman–Crippen MR) is 107 cm³/mol. The number of carbonyl (C=O) groups is 1. The molecule has 0 aliphatic carbocycles. The quantitative estimate of drug-likeness (QED) is 0.700. The SMILES string of the molecule is COCCNC(=O)C1CCCN(C2CCN(CCc3ccccn3)CC2)C1. The number of pyridine rings is 1. The lowest BCUT2D eigenvalue weighted by Crippen LogP contribution is -2.51. The van der Waals surface area contributed by atoms with Crippen molar-refractivity contribution in [3.63, 3.8) is 0 Å². The average molecular weight is 375 g/mol. The maximum atomic E-state index is 12.4. The van der Waals surface area contributed by atoms with Crippen molar-refractivity contribution < 1.29 is 9.53 Å². The molecule has 3 rings (SSSR count). The van der Waals surface area contributed by atoms with Gasteiger partial charge in [0, 0.05) is 51.1 Å². The topological polar surface area (TPSA) is 57.7 Å². The van der Waals surface area contributed by atoms with Crippen molar-refractivity contribution in [3.05, 3.63) is 30.1 Å². The van der Waals surface area contributed by atoms with Crippen molar-refractivity contribution in [3.8, 4) is 0 Å². The van der Waals surface area contributed by atoms with E-state index in [0.717, 1.165) is 52.0 Å². The van der Waals surface area contributed by atoms with Gasteiger partial charge in [0.05, 0.1) is 12.5 Å². The fourth-order valence-electron chi connectivity index (χ4n) is 4.30. The van der Waals surface area contributed by atoms with Gasteiger partial charge in [-0.3, -0.25) is 14.7 Å². The number of hydrogen-bond acceptors (Lipinski definition) is 5. The van der Waals surface area contributed by atoms with Crippen LogP contribution in [0.5, 0.6) is 0 Å². The molecule has 6 nitrogen and oxygen atoms in total. The molecule has 1 aromatic heterocycles. The highest BCUT2D eigenvalue weighted by Gasteiger charge is 2.31. The van der Waals surface area contributed by atoms with Gasteiger partial charge in [-0.15, -0.1) is 0 Å². The number of amides is 1. The summed E-state index contributed by atoms with van der Waals surface area (Å²) in [7, 11) is 1.66. The van der Waals surface area contributed by atoms with E-state index in [2.05, 4.69) is 32.2 Å². The smallest absolute Gasteiger partial charge is 0.224 e. The van der Waals surface area contributed by atoms with E-state index in [1.165, 1.54) is 18.5 Å². The molecule has 3 heterocycles. The summed E-state index contributed by atoms with van der Waals surface area (Å²) in [5.41, 5.74) is 1.18. The number of nitrogens with one attached hydrogen (secondary N) is 1. The Morgan fingerprint density at radius 3 is 2.85 bits per heavy atom. The largest absolute Gasteiger partial charge is 0.383 e. The van der Waals surface area contributed by atoms with Crippen LogP contribution in [0.25, 0.3) is 0 Å². The third-order valence-electron chi connectivity index (χ3n) is 5.91. The van der Waals surface area contributed by atoms with Crippen molar-refractivity contribution in [2.24, 2.45) is 5.92 Å². The number of rotatable bonds is 8. The van der Waals surface area contributed by atoms with Gasteiger partial charge in [0.2, 0.25) is 5.91 Å². The first-order valence-corrected chi connectivity index (χ1v) is 10.4. The van der Waals surface area contributed by atoms with Gasteiger partial charge in [-0.25, -0.2) is 0 Å². The molecule has 0 bridgehead atoms. The lowest BCUT2D eigenvalue weighted by atomic mass is 9.93. The molecule has 1 atom stereocenters. The second-order valence-corrected chi connectivity index (χ2v) is 7.76. The predicted octanol–water partition coefficient (Wildman–Crippen LogP) is 1.56. The van der Waals surface area contributed by atoms with E-state index in [1.54, 1.807) is 7.11 Å². The van der Waals surface area contributed by atoms with E-state index in [1.807, 2.05) is 12.3 Å². The van der Waals surface area contributed by atoms with E-state index >= 15 is 0 Å². The van der Waals surface area contributed by atoms with Crippen LogP contribution in [0.4, 0.5) is 0 Å². The van der Waals surface area contributed by atoms with Crippen molar-refractivity contribution in [2.75, 3.05) is 53.0 Å². The first-order chi connectivity index (χ1) is 13.3. The highest BCUT2D eigenvalue weighted by Crippen LogP contribution is 2.24. The minimum Gasteiger partial charge on any atom is -0.383 e. The Morgan fingerprint density at radius 2 is 2.11 bits per heavy atom. The van der Waals surface area contributed by atoms with Crippen molar-refractivity contribution >= 4 is 5.91 Å². The summed E-state index contributed by atoms with van der Waals surface area (Å²) < 4.78 is 5.02. The van der Waals surface area contributed by atoms with Gasteiger partial charge in [-0.05, 0) is 57.5 Å². The van der Waals surface area contributed by atoms with Gasteiger partial charge in [0.25, 0.3) is 0 Å². The molecule has 2 fully saturated rings. The Balaban J connectivity index is 1.39. The van der Waals surface area contributed by atoms with Gasteiger partial charge in [0.1, 0.15) is 0 Å². The molecule has 1 unspecified atom stereocenters. The highest BCUT2D eigenvalue weighted by molar-refractivity contribution is 5.78. The molecule has 1 amide bonds. The summed E-state index contributed by atoms with van der Waals surface area (Å²) in [6.07, 6.45) is 7.46. The second-order valence-electron chi connectivity index (χ2n) is 7.76. The number of methoxy groups -OCH3 is 1. The molecule has 2 aliphatic heterocycles. The van der Waals surface area contributed by atoms with Crippen LogP contribution < -0.4 is 5.32 Å². The molecule has 6 heteroatoms. The van der Waals surface area contributed by atoms with Crippen LogP contribution in [0.3, 0.4) is 0 Å². The fraction of sp³-hybridized carbons (Fsp3) is 0.714. The number of nitrogens with zero attached hydrogens (tertiary/aromatic N) is 3. The summed E-state index contributed by atoms with van der Waals surface area (Å²) in [5.74, 6) is 0.335. The Morgan fingerprint density at radius 1 is 1.26 bits per heavy atom. The van der Waals surface area contributed by atoms with Gasteiger partial charge >= 0.3 is 0 Å². The zero-order valence-electron chi connectivity index (χ0n) is 16.6. The normalized spacial score (nSPS) is 22.6. The van der Waals surface area contributed by atoms with Crippen LogP contribution in [-0.4, -0.2) is 79.7 Å². The zero-order chi connectivity index (χ0) is 18.9. The maximum Gasteiger partial charge on any atom is 0.224 e. The van der Waals surface area contributed by atoms with Crippen molar-refractivity contribution in [1.29, 1.82) is 0 Å². The molecule has 0 saturated carbocycles. The molecule has 2 saturated heterocycles. The number of likely N-dealkylation sites (tertiary alicyclic amines) is 2. The molecule has 27 heavy (non-hydrogen) atoms. The maximum absolute atomic E-state index is 12.4. The molecule has 0 radical (unpaired) electrons. The van der Waals surface area contributed by atoms with Gasteiger partial charge in [-0.2, -0.15) is 0 Å². The van der Waals surface area contributed by atoms with Crippen LogP contribution in [0, 0.1) is 5.92 Å². The van der Waals surface area contributed by atoms with E-state index < -0.39 is 0 Å².